The molecule has 0 spiro atoms. The highest BCUT2D eigenvalue weighted by Gasteiger charge is 2.15. The third kappa shape index (κ3) is 3.56. The van der Waals surface area contributed by atoms with Gasteiger partial charge in [-0.05, 0) is 5.92 Å². The zero-order valence-corrected chi connectivity index (χ0v) is 12.1. The average Bonchev–Trinajstić information content (AvgIpc) is 2.64. The van der Waals surface area contributed by atoms with Gasteiger partial charge in [-0.25, -0.2) is 0 Å². The van der Waals surface area contributed by atoms with Crippen molar-refractivity contribution >= 4 is 17.3 Å². The van der Waals surface area contributed by atoms with Crippen LogP contribution in [0.15, 0.2) is 12.1 Å². The van der Waals surface area contributed by atoms with E-state index in [-0.39, 0.29) is 5.91 Å². The molecule has 0 saturated carbocycles. The van der Waals surface area contributed by atoms with Gasteiger partial charge in [0.05, 0.1) is 24.6 Å². The quantitative estimate of drug-likeness (QED) is 0.831. The van der Waals surface area contributed by atoms with Crippen molar-refractivity contribution in [3.63, 3.8) is 0 Å². The molecule has 0 fully saturated rings. The predicted octanol–water partition coefficient (Wildman–Crippen LogP) is 2.80. The lowest BCUT2D eigenvalue weighted by Gasteiger charge is -2.14. The summed E-state index contributed by atoms with van der Waals surface area (Å²) in [6.45, 7) is 5.35. The number of hydrogen-bond acceptors (Lipinski definition) is 4. The van der Waals surface area contributed by atoms with Crippen LogP contribution in [0.5, 0.6) is 11.5 Å². The predicted molar refractivity (Wildman–Crippen MR) is 79.2 cm³/mol. The summed E-state index contributed by atoms with van der Waals surface area (Å²) in [5, 5.41) is 2.85. The minimum absolute atomic E-state index is 0.0273. The summed E-state index contributed by atoms with van der Waals surface area (Å²) in [5.74, 6) is 1.60. The second kappa shape index (κ2) is 6.50. The number of ether oxygens (including phenoxy) is 2. The lowest BCUT2D eigenvalue weighted by Crippen LogP contribution is -2.16. The van der Waals surface area contributed by atoms with Crippen LogP contribution in [0.1, 0.15) is 33.1 Å². The molecule has 0 aliphatic carbocycles. The van der Waals surface area contributed by atoms with Crippen molar-refractivity contribution in [1.29, 1.82) is 0 Å². The van der Waals surface area contributed by atoms with E-state index in [2.05, 4.69) is 19.2 Å². The Balaban J connectivity index is 2.12. The van der Waals surface area contributed by atoms with Crippen molar-refractivity contribution in [2.45, 2.75) is 33.1 Å². The molecule has 110 valence electrons. The van der Waals surface area contributed by atoms with Crippen LogP contribution < -0.4 is 20.5 Å². The highest BCUT2D eigenvalue weighted by molar-refractivity contribution is 5.94. The van der Waals surface area contributed by atoms with Gasteiger partial charge in [-0.15, -0.1) is 0 Å². The number of hydrogen-bond donors (Lipinski definition) is 2. The first-order chi connectivity index (χ1) is 9.60. The molecule has 0 bridgehead atoms. The Hall–Kier alpha value is -1.91. The molecule has 0 aromatic heterocycles. The van der Waals surface area contributed by atoms with Gasteiger partial charge < -0.3 is 20.5 Å². The maximum atomic E-state index is 11.9. The summed E-state index contributed by atoms with van der Waals surface area (Å²) in [6, 6.07) is 3.45. The first-order valence-corrected chi connectivity index (χ1v) is 7.09. The Morgan fingerprint density at radius 1 is 1.35 bits per heavy atom. The van der Waals surface area contributed by atoms with Crippen molar-refractivity contribution < 1.29 is 14.3 Å². The molecule has 5 heteroatoms. The van der Waals surface area contributed by atoms with E-state index in [9.17, 15) is 4.79 Å². The fourth-order valence-corrected chi connectivity index (χ4v) is 1.99. The fraction of sp³-hybridized carbons (Fsp3) is 0.533. The highest BCUT2D eigenvalue weighted by Crippen LogP contribution is 2.36. The minimum atomic E-state index is -0.0273. The summed E-state index contributed by atoms with van der Waals surface area (Å²) < 4.78 is 11.1. The monoisotopic (exact) mass is 278 g/mol. The Morgan fingerprint density at radius 3 is 2.65 bits per heavy atom. The van der Waals surface area contributed by atoms with Crippen molar-refractivity contribution in [1.82, 2.24) is 0 Å². The number of amides is 1. The maximum absolute atomic E-state index is 11.9. The Labute approximate surface area is 119 Å². The van der Waals surface area contributed by atoms with Crippen LogP contribution in [0.4, 0.5) is 11.4 Å². The number of rotatable bonds is 4. The molecule has 2 rings (SSSR count). The lowest BCUT2D eigenvalue weighted by atomic mass is 10.0. The van der Waals surface area contributed by atoms with Gasteiger partial charge in [0.2, 0.25) is 5.91 Å². The molecule has 1 atom stereocenters. The van der Waals surface area contributed by atoms with Crippen LogP contribution in [-0.2, 0) is 4.79 Å². The lowest BCUT2D eigenvalue weighted by molar-refractivity contribution is -0.117. The molecule has 0 radical (unpaired) electrons. The van der Waals surface area contributed by atoms with E-state index in [1.807, 2.05) is 0 Å². The molecular formula is C15H22N2O3. The summed E-state index contributed by atoms with van der Waals surface area (Å²) in [6.07, 6.45) is 2.30. The zero-order chi connectivity index (χ0) is 14.5. The van der Waals surface area contributed by atoms with E-state index in [1.54, 1.807) is 12.1 Å². The minimum Gasteiger partial charge on any atom is -0.489 e. The molecule has 0 saturated heterocycles. The number of nitrogens with one attached hydrogen (secondary N) is 1. The number of carbonyl (C=O) groups excluding carboxylic acids is 1. The average molecular weight is 278 g/mol. The molecule has 5 nitrogen and oxygen atoms in total. The zero-order valence-electron chi connectivity index (χ0n) is 12.1. The van der Waals surface area contributed by atoms with Crippen LogP contribution in [0, 0.1) is 5.92 Å². The first kappa shape index (κ1) is 14.5. The molecule has 1 aromatic rings. The van der Waals surface area contributed by atoms with E-state index >= 15 is 0 Å². The third-order valence-electron chi connectivity index (χ3n) is 3.42. The Bertz CT molecular complexity index is 488. The van der Waals surface area contributed by atoms with Crippen LogP contribution >= 0.6 is 0 Å². The molecule has 20 heavy (non-hydrogen) atoms. The molecule has 1 heterocycles. The van der Waals surface area contributed by atoms with Crippen molar-refractivity contribution in [3.05, 3.63) is 12.1 Å². The first-order valence-electron chi connectivity index (χ1n) is 7.09. The van der Waals surface area contributed by atoms with Crippen molar-refractivity contribution in [2.75, 3.05) is 24.3 Å². The third-order valence-corrected chi connectivity index (χ3v) is 3.42. The second-order valence-corrected chi connectivity index (χ2v) is 5.20. The van der Waals surface area contributed by atoms with Gasteiger partial charge in [0.25, 0.3) is 0 Å². The number of benzene rings is 1. The highest BCUT2D eigenvalue weighted by atomic mass is 16.5. The van der Waals surface area contributed by atoms with Crippen LogP contribution in [-0.4, -0.2) is 19.1 Å². The van der Waals surface area contributed by atoms with Gasteiger partial charge in [0, 0.05) is 25.0 Å². The SMILES string of the molecule is CCC(C)CC(=O)Nc1cc2c(cc1N)OCCCO2. The van der Waals surface area contributed by atoms with E-state index in [0.29, 0.717) is 48.4 Å². The van der Waals surface area contributed by atoms with E-state index in [1.165, 1.54) is 0 Å². The number of anilines is 2. The molecule has 1 unspecified atom stereocenters. The number of nitrogen functional groups attached to an aromatic ring is 1. The van der Waals surface area contributed by atoms with Gasteiger partial charge in [0.1, 0.15) is 0 Å². The smallest absolute Gasteiger partial charge is 0.224 e. The molecule has 1 aromatic carbocycles. The fourth-order valence-electron chi connectivity index (χ4n) is 1.99. The van der Waals surface area contributed by atoms with Gasteiger partial charge in [-0.1, -0.05) is 20.3 Å². The largest absolute Gasteiger partial charge is 0.489 e. The van der Waals surface area contributed by atoms with Gasteiger partial charge >= 0.3 is 0 Å². The summed E-state index contributed by atoms with van der Waals surface area (Å²) in [5.41, 5.74) is 7.04. The number of nitrogens with two attached hydrogens (primary N) is 1. The van der Waals surface area contributed by atoms with E-state index in [0.717, 1.165) is 12.8 Å². The van der Waals surface area contributed by atoms with Crippen LogP contribution in [0.25, 0.3) is 0 Å². The molecule has 1 amide bonds. The van der Waals surface area contributed by atoms with Gasteiger partial charge in [-0.3, -0.25) is 4.79 Å². The molecule has 1 aliphatic heterocycles. The number of carbonyl (C=O) groups is 1. The molecular weight excluding hydrogens is 256 g/mol. The Kier molecular flexibility index (Phi) is 4.71. The van der Waals surface area contributed by atoms with Gasteiger partial charge in [-0.2, -0.15) is 0 Å². The summed E-state index contributed by atoms with van der Waals surface area (Å²) >= 11 is 0. The summed E-state index contributed by atoms with van der Waals surface area (Å²) in [4.78, 5) is 11.9. The van der Waals surface area contributed by atoms with Crippen molar-refractivity contribution in [3.8, 4) is 11.5 Å². The number of fused-ring (bicyclic) bond motifs is 1. The van der Waals surface area contributed by atoms with E-state index < -0.39 is 0 Å². The normalized spacial score (nSPS) is 15.3. The standard InChI is InChI=1S/C15H22N2O3/c1-3-10(2)7-15(18)17-12-9-14-13(8-11(12)16)19-5-4-6-20-14/h8-10H,3-7,16H2,1-2H3,(H,17,18). The van der Waals surface area contributed by atoms with E-state index in [4.69, 9.17) is 15.2 Å². The molecule has 1 aliphatic rings. The topological polar surface area (TPSA) is 73.6 Å². The van der Waals surface area contributed by atoms with Gasteiger partial charge in [0.15, 0.2) is 11.5 Å². The van der Waals surface area contributed by atoms with Crippen LogP contribution in [0.2, 0.25) is 0 Å². The van der Waals surface area contributed by atoms with Crippen molar-refractivity contribution in [2.24, 2.45) is 5.92 Å². The summed E-state index contributed by atoms with van der Waals surface area (Å²) in [7, 11) is 0. The second-order valence-electron chi connectivity index (χ2n) is 5.20. The maximum Gasteiger partial charge on any atom is 0.224 e. The molecule has 3 N–H and O–H groups in total. The Morgan fingerprint density at radius 2 is 2.00 bits per heavy atom. The van der Waals surface area contributed by atoms with Crippen LogP contribution in [0.3, 0.4) is 0 Å².